The summed E-state index contributed by atoms with van der Waals surface area (Å²) in [5.74, 6) is -0.464. The molecule has 0 rings (SSSR count). The fraction of sp³-hybridized carbons (Fsp3) is 0.867. The van der Waals surface area contributed by atoms with Crippen LogP contribution in [0.5, 0.6) is 0 Å². The fourth-order valence-corrected chi connectivity index (χ4v) is 4.94. The van der Waals surface area contributed by atoms with E-state index in [1.54, 1.807) is 0 Å². The molecular weight excluding hydrogens is 426 g/mol. The molecule has 0 heterocycles. The number of nitrogens with one attached hydrogen (secondary N) is 3. The molecule has 29 heavy (non-hydrogen) atoms. The second-order valence-electron chi connectivity index (χ2n) is 6.19. The van der Waals surface area contributed by atoms with Gasteiger partial charge in [0.2, 0.25) is 0 Å². The van der Waals surface area contributed by atoms with E-state index in [0.29, 0.717) is 19.5 Å². The summed E-state index contributed by atoms with van der Waals surface area (Å²) in [5.41, 5.74) is 0. The molecule has 0 aromatic carbocycles. The van der Waals surface area contributed by atoms with Crippen LogP contribution in [0.25, 0.3) is 0 Å². The summed E-state index contributed by atoms with van der Waals surface area (Å²) in [5, 5.41) is 8.44. The van der Waals surface area contributed by atoms with E-state index in [1.165, 1.54) is 33.3 Å². The summed E-state index contributed by atoms with van der Waals surface area (Å²) in [7, 11) is -1.84. The molecule has 0 aromatic heterocycles. The first-order chi connectivity index (χ1) is 13.7. The molecule has 176 valence electrons. The summed E-state index contributed by atoms with van der Waals surface area (Å²) >= 11 is 0. The topological polar surface area (TPSA) is 151 Å². The molecule has 5 N–H and O–H groups in total. The van der Waals surface area contributed by atoms with E-state index >= 15 is 0 Å². The molecular formula is C15H38N4O8P2. The van der Waals surface area contributed by atoms with E-state index < -0.39 is 15.9 Å². The number of carbonyl (C=O) groups excluding carboxylic acids is 2. The van der Waals surface area contributed by atoms with Crippen molar-refractivity contribution in [1.82, 2.24) is 20.9 Å². The van der Waals surface area contributed by atoms with Crippen molar-refractivity contribution in [2.75, 3.05) is 73.7 Å². The van der Waals surface area contributed by atoms with Crippen LogP contribution < -0.4 is 16.0 Å². The van der Waals surface area contributed by atoms with Crippen LogP contribution in [0.3, 0.4) is 0 Å². The van der Waals surface area contributed by atoms with Crippen molar-refractivity contribution in [2.45, 2.75) is 13.3 Å². The van der Waals surface area contributed by atoms with Crippen molar-refractivity contribution in [3.8, 4) is 0 Å². The number of hydrogen-bond acceptors (Lipinski definition) is 10. The van der Waals surface area contributed by atoms with Gasteiger partial charge in [0.15, 0.2) is 0 Å². The van der Waals surface area contributed by atoms with Crippen LogP contribution >= 0.6 is 15.9 Å². The van der Waals surface area contributed by atoms with E-state index in [9.17, 15) is 19.4 Å². The van der Waals surface area contributed by atoms with Crippen molar-refractivity contribution < 1.29 is 37.5 Å². The molecule has 14 heteroatoms. The zero-order valence-corrected chi connectivity index (χ0v) is 19.9. The summed E-state index contributed by atoms with van der Waals surface area (Å²) < 4.78 is 20.2. The SMILES string of the molecule is CCNCCC(=O)NCCNC(=O)CN(C[PH](O)(OC)OC)C[PH](O)(OC)OC. The van der Waals surface area contributed by atoms with E-state index in [-0.39, 0.29) is 37.5 Å². The third-order valence-corrected chi connectivity index (χ3v) is 8.28. The van der Waals surface area contributed by atoms with Gasteiger partial charge in [-0.2, -0.15) is 0 Å². The zero-order chi connectivity index (χ0) is 22.3. The minimum atomic E-state index is -3.54. The van der Waals surface area contributed by atoms with Gasteiger partial charge in [0, 0.05) is 0 Å². The first kappa shape index (κ1) is 28.5. The number of rotatable bonds is 17. The van der Waals surface area contributed by atoms with Gasteiger partial charge in [-0.3, -0.25) is 0 Å². The van der Waals surface area contributed by atoms with Crippen LogP contribution in [0.15, 0.2) is 0 Å². The van der Waals surface area contributed by atoms with Gasteiger partial charge in [0.1, 0.15) is 0 Å². The Kier molecular flexibility index (Phi) is 15.0. The molecule has 12 nitrogen and oxygen atoms in total. The predicted octanol–water partition coefficient (Wildman–Crippen LogP) is -1.00. The quantitative estimate of drug-likeness (QED) is 0.134. The van der Waals surface area contributed by atoms with Crippen molar-refractivity contribution in [3.63, 3.8) is 0 Å². The second-order valence-corrected chi connectivity index (χ2v) is 11.3. The standard InChI is InChI=1S/C15H38N4O8P2/c1-6-16-8-7-14(20)17-9-10-18-15(21)11-19(12-28(22,24-2)25-3)13-29(23,26-4)27-5/h16,22-23,28-29H,6-13H2,1-5H3,(H,17,20)(H,18,21). The van der Waals surface area contributed by atoms with Gasteiger partial charge in [0.05, 0.1) is 0 Å². The van der Waals surface area contributed by atoms with Crippen molar-refractivity contribution in [1.29, 1.82) is 0 Å². The van der Waals surface area contributed by atoms with Crippen LogP contribution in [-0.4, -0.2) is 100 Å². The van der Waals surface area contributed by atoms with Crippen LogP contribution in [0.1, 0.15) is 13.3 Å². The molecule has 0 bridgehead atoms. The molecule has 0 saturated heterocycles. The maximum atomic E-state index is 12.3. The van der Waals surface area contributed by atoms with Crippen LogP contribution in [0.4, 0.5) is 0 Å². The van der Waals surface area contributed by atoms with Crippen molar-refractivity contribution in [3.05, 3.63) is 0 Å². The number of amides is 2. The Bertz CT molecular complexity index is 461. The molecule has 2 amide bonds. The van der Waals surface area contributed by atoms with Gasteiger partial charge >= 0.3 is 160 Å². The minimum absolute atomic E-state index is 0.101. The van der Waals surface area contributed by atoms with Gasteiger partial charge in [-0.05, 0) is 6.54 Å². The van der Waals surface area contributed by atoms with Crippen molar-refractivity contribution in [2.24, 2.45) is 0 Å². The maximum absolute atomic E-state index is 12.3. The van der Waals surface area contributed by atoms with Crippen LogP contribution in [0, 0.1) is 0 Å². The Labute approximate surface area is 173 Å². The van der Waals surface area contributed by atoms with Gasteiger partial charge in [0.25, 0.3) is 0 Å². The van der Waals surface area contributed by atoms with Gasteiger partial charge in [-0.25, -0.2) is 0 Å². The Balaban J connectivity index is 4.61. The van der Waals surface area contributed by atoms with E-state index in [2.05, 4.69) is 16.0 Å². The number of carbonyl (C=O) groups is 2. The Morgan fingerprint density at radius 3 is 1.69 bits per heavy atom. The van der Waals surface area contributed by atoms with Gasteiger partial charge in [-0.1, -0.05) is 6.92 Å². The molecule has 0 radical (unpaired) electrons. The zero-order valence-electron chi connectivity index (χ0n) is 17.9. The number of hydrogen-bond donors (Lipinski definition) is 5. The average molecular weight is 464 g/mol. The molecule has 0 aromatic rings. The molecule has 0 aliphatic heterocycles. The van der Waals surface area contributed by atoms with E-state index in [0.717, 1.165) is 6.54 Å². The number of nitrogens with zero attached hydrogens (tertiary/aromatic N) is 1. The van der Waals surface area contributed by atoms with Gasteiger partial charge in [-0.15, -0.1) is 0 Å². The third-order valence-electron chi connectivity index (χ3n) is 4.04. The molecule has 0 unspecified atom stereocenters. The predicted molar refractivity (Wildman–Crippen MR) is 115 cm³/mol. The Morgan fingerprint density at radius 1 is 0.828 bits per heavy atom. The first-order valence-corrected chi connectivity index (χ1v) is 13.2. The molecule has 0 spiro atoms. The summed E-state index contributed by atoms with van der Waals surface area (Å²) in [6.45, 7) is 3.74. The normalized spacial score (nSPS) is 13.4. The molecule has 0 saturated carbocycles. The molecule has 0 fully saturated rings. The van der Waals surface area contributed by atoms with Crippen LogP contribution in [0.2, 0.25) is 0 Å². The summed E-state index contributed by atoms with van der Waals surface area (Å²) in [4.78, 5) is 46.0. The molecule has 0 aliphatic rings. The van der Waals surface area contributed by atoms with Crippen LogP contribution in [-0.2, 0) is 27.7 Å². The third kappa shape index (κ3) is 12.7. The Hall–Kier alpha value is -0.520. The fourth-order valence-electron chi connectivity index (χ4n) is 2.29. The van der Waals surface area contributed by atoms with Gasteiger partial charge < -0.3 is 0 Å². The molecule has 0 aliphatic carbocycles. The Morgan fingerprint density at radius 2 is 1.28 bits per heavy atom. The summed E-state index contributed by atoms with van der Waals surface area (Å²) in [6, 6.07) is 0. The van der Waals surface area contributed by atoms with Crippen molar-refractivity contribution >= 4 is 27.7 Å². The van der Waals surface area contributed by atoms with E-state index in [4.69, 9.17) is 18.1 Å². The summed E-state index contributed by atoms with van der Waals surface area (Å²) in [6.07, 6.45) is 0.164. The first-order valence-electron chi connectivity index (χ1n) is 9.29. The molecule has 0 atom stereocenters. The second kappa shape index (κ2) is 15.3. The monoisotopic (exact) mass is 464 g/mol. The van der Waals surface area contributed by atoms with E-state index in [1.807, 2.05) is 6.92 Å². The average Bonchev–Trinajstić information content (AvgIpc) is 2.71.